The molecule has 1 amide bonds. The van der Waals surface area contributed by atoms with Crippen LogP contribution >= 0.6 is 0 Å². The van der Waals surface area contributed by atoms with Crippen molar-refractivity contribution in [2.75, 3.05) is 20.2 Å². The standard InChI is InChI=1S/C15H29NO3/c1-5-16(11-15(2,3)18)14(17)10-12-6-8-13(19-4)9-7-12/h12-13,18H,5-11H2,1-4H3. The van der Waals surface area contributed by atoms with Gasteiger partial charge >= 0.3 is 0 Å². The van der Waals surface area contributed by atoms with Crippen LogP contribution in [0.1, 0.15) is 52.9 Å². The summed E-state index contributed by atoms with van der Waals surface area (Å²) < 4.78 is 5.35. The van der Waals surface area contributed by atoms with E-state index in [1.807, 2.05) is 6.92 Å². The van der Waals surface area contributed by atoms with Crippen molar-refractivity contribution in [3.05, 3.63) is 0 Å². The fourth-order valence-electron chi connectivity index (χ4n) is 2.79. The number of nitrogens with zero attached hydrogens (tertiary/aromatic N) is 1. The van der Waals surface area contributed by atoms with Gasteiger partial charge in [0.05, 0.1) is 11.7 Å². The summed E-state index contributed by atoms with van der Waals surface area (Å²) in [6.07, 6.45) is 5.26. The molecule has 112 valence electrons. The van der Waals surface area contributed by atoms with E-state index >= 15 is 0 Å². The molecule has 1 rings (SSSR count). The molecule has 0 aromatic carbocycles. The lowest BCUT2D eigenvalue weighted by atomic mass is 9.85. The molecule has 1 fully saturated rings. The van der Waals surface area contributed by atoms with Gasteiger partial charge in [0.25, 0.3) is 0 Å². The molecular weight excluding hydrogens is 242 g/mol. The Labute approximate surface area is 117 Å². The zero-order chi connectivity index (χ0) is 14.5. The summed E-state index contributed by atoms with van der Waals surface area (Å²) in [6, 6.07) is 0. The van der Waals surface area contributed by atoms with Crippen LogP contribution in [0.5, 0.6) is 0 Å². The first kappa shape index (κ1) is 16.4. The smallest absolute Gasteiger partial charge is 0.222 e. The topological polar surface area (TPSA) is 49.8 Å². The molecule has 1 saturated carbocycles. The lowest BCUT2D eigenvalue weighted by molar-refractivity contribution is -0.135. The van der Waals surface area contributed by atoms with Gasteiger partial charge in [-0.3, -0.25) is 4.79 Å². The van der Waals surface area contributed by atoms with Crippen LogP contribution in [-0.4, -0.2) is 47.8 Å². The lowest BCUT2D eigenvalue weighted by Crippen LogP contribution is -2.42. The molecule has 0 saturated heterocycles. The van der Waals surface area contributed by atoms with E-state index in [1.54, 1.807) is 25.9 Å². The van der Waals surface area contributed by atoms with E-state index in [0.29, 0.717) is 31.5 Å². The Morgan fingerprint density at radius 3 is 2.32 bits per heavy atom. The largest absolute Gasteiger partial charge is 0.389 e. The highest BCUT2D eigenvalue weighted by Gasteiger charge is 2.26. The predicted molar refractivity (Wildman–Crippen MR) is 75.9 cm³/mol. The number of hydrogen-bond acceptors (Lipinski definition) is 3. The molecule has 0 bridgehead atoms. The van der Waals surface area contributed by atoms with Gasteiger partial charge in [0.1, 0.15) is 0 Å². The minimum Gasteiger partial charge on any atom is -0.389 e. The Hall–Kier alpha value is -0.610. The second-order valence-corrected chi connectivity index (χ2v) is 6.30. The van der Waals surface area contributed by atoms with E-state index in [4.69, 9.17) is 4.74 Å². The minimum atomic E-state index is -0.820. The molecular formula is C15H29NO3. The molecule has 0 aromatic heterocycles. The maximum absolute atomic E-state index is 12.3. The predicted octanol–water partition coefficient (Wildman–Crippen LogP) is 2.20. The summed E-state index contributed by atoms with van der Waals surface area (Å²) in [4.78, 5) is 14.0. The number of carbonyl (C=O) groups is 1. The second kappa shape index (κ2) is 7.25. The number of hydrogen-bond donors (Lipinski definition) is 1. The zero-order valence-corrected chi connectivity index (χ0v) is 12.8. The fourth-order valence-corrected chi connectivity index (χ4v) is 2.79. The van der Waals surface area contributed by atoms with Crippen molar-refractivity contribution >= 4 is 5.91 Å². The zero-order valence-electron chi connectivity index (χ0n) is 12.8. The van der Waals surface area contributed by atoms with E-state index in [2.05, 4.69) is 0 Å². The van der Waals surface area contributed by atoms with Gasteiger partial charge in [0.15, 0.2) is 0 Å². The average Bonchev–Trinajstić information content (AvgIpc) is 2.35. The summed E-state index contributed by atoms with van der Waals surface area (Å²) in [5.41, 5.74) is -0.820. The third-order valence-corrected chi connectivity index (χ3v) is 3.90. The summed E-state index contributed by atoms with van der Waals surface area (Å²) in [5, 5.41) is 9.83. The van der Waals surface area contributed by atoms with Crippen molar-refractivity contribution in [1.29, 1.82) is 0 Å². The molecule has 0 aromatic rings. The molecule has 19 heavy (non-hydrogen) atoms. The van der Waals surface area contributed by atoms with Crippen molar-refractivity contribution in [1.82, 2.24) is 4.90 Å². The first-order valence-corrected chi connectivity index (χ1v) is 7.38. The quantitative estimate of drug-likeness (QED) is 0.805. The molecule has 0 spiro atoms. The number of methoxy groups -OCH3 is 1. The van der Waals surface area contributed by atoms with Crippen molar-refractivity contribution in [2.24, 2.45) is 5.92 Å². The summed E-state index contributed by atoms with van der Waals surface area (Å²) in [7, 11) is 1.76. The first-order chi connectivity index (χ1) is 8.85. The first-order valence-electron chi connectivity index (χ1n) is 7.38. The Kier molecular flexibility index (Phi) is 6.27. The number of carbonyl (C=O) groups excluding carboxylic acids is 1. The van der Waals surface area contributed by atoms with Gasteiger partial charge < -0.3 is 14.7 Å². The van der Waals surface area contributed by atoms with Crippen molar-refractivity contribution in [3.63, 3.8) is 0 Å². The number of likely N-dealkylation sites (N-methyl/N-ethyl adjacent to an activating group) is 1. The second-order valence-electron chi connectivity index (χ2n) is 6.30. The van der Waals surface area contributed by atoms with Crippen LogP contribution in [0.2, 0.25) is 0 Å². The van der Waals surface area contributed by atoms with Crippen LogP contribution < -0.4 is 0 Å². The molecule has 0 heterocycles. The van der Waals surface area contributed by atoms with Crippen molar-refractivity contribution < 1.29 is 14.6 Å². The summed E-state index contributed by atoms with van der Waals surface area (Å²) in [6.45, 7) is 6.52. The summed E-state index contributed by atoms with van der Waals surface area (Å²) >= 11 is 0. The van der Waals surface area contributed by atoms with Gasteiger partial charge in [-0.05, 0) is 52.4 Å². The highest BCUT2D eigenvalue weighted by molar-refractivity contribution is 5.76. The van der Waals surface area contributed by atoms with E-state index in [-0.39, 0.29) is 5.91 Å². The molecule has 1 N–H and O–H groups in total. The van der Waals surface area contributed by atoms with Crippen LogP contribution in [0.3, 0.4) is 0 Å². The molecule has 0 aliphatic heterocycles. The highest BCUT2D eigenvalue weighted by atomic mass is 16.5. The van der Waals surface area contributed by atoms with E-state index in [1.165, 1.54) is 0 Å². The van der Waals surface area contributed by atoms with Gasteiger partial charge in [-0.15, -0.1) is 0 Å². The Balaban J connectivity index is 2.41. The van der Waals surface area contributed by atoms with Crippen LogP contribution in [0.25, 0.3) is 0 Å². The van der Waals surface area contributed by atoms with Crippen LogP contribution in [0.15, 0.2) is 0 Å². The number of aliphatic hydroxyl groups is 1. The van der Waals surface area contributed by atoms with E-state index in [0.717, 1.165) is 25.7 Å². The molecule has 1 aliphatic rings. The average molecular weight is 271 g/mol. The number of amides is 1. The van der Waals surface area contributed by atoms with Crippen molar-refractivity contribution in [3.8, 4) is 0 Å². The fraction of sp³-hybridized carbons (Fsp3) is 0.933. The van der Waals surface area contributed by atoms with Crippen LogP contribution in [-0.2, 0) is 9.53 Å². The van der Waals surface area contributed by atoms with E-state index in [9.17, 15) is 9.90 Å². The van der Waals surface area contributed by atoms with Gasteiger partial charge in [0.2, 0.25) is 5.91 Å². The maximum Gasteiger partial charge on any atom is 0.222 e. The number of rotatable bonds is 6. The molecule has 4 nitrogen and oxygen atoms in total. The molecule has 0 unspecified atom stereocenters. The summed E-state index contributed by atoms with van der Waals surface area (Å²) in [5.74, 6) is 0.653. The van der Waals surface area contributed by atoms with Gasteiger partial charge in [0, 0.05) is 26.6 Å². The maximum atomic E-state index is 12.3. The lowest BCUT2D eigenvalue weighted by Gasteiger charge is -2.31. The molecule has 0 atom stereocenters. The highest BCUT2D eigenvalue weighted by Crippen LogP contribution is 2.28. The Morgan fingerprint density at radius 2 is 1.89 bits per heavy atom. The minimum absolute atomic E-state index is 0.172. The SMILES string of the molecule is CCN(CC(C)(C)O)C(=O)CC1CCC(OC)CC1. The van der Waals surface area contributed by atoms with Crippen LogP contribution in [0.4, 0.5) is 0 Å². The van der Waals surface area contributed by atoms with Gasteiger partial charge in [-0.1, -0.05) is 0 Å². The Bertz CT molecular complexity index is 278. The van der Waals surface area contributed by atoms with Gasteiger partial charge in [-0.25, -0.2) is 0 Å². The Morgan fingerprint density at radius 1 is 1.32 bits per heavy atom. The van der Waals surface area contributed by atoms with Gasteiger partial charge in [-0.2, -0.15) is 0 Å². The molecule has 1 aliphatic carbocycles. The molecule has 4 heteroatoms. The van der Waals surface area contributed by atoms with E-state index < -0.39 is 5.60 Å². The third kappa shape index (κ3) is 5.91. The van der Waals surface area contributed by atoms with Crippen LogP contribution in [0, 0.1) is 5.92 Å². The number of ether oxygens (including phenoxy) is 1. The molecule has 0 radical (unpaired) electrons. The van der Waals surface area contributed by atoms with Crippen molar-refractivity contribution in [2.45, 2.75) is 64.6 Å². The normalized spacial score (nSPS) is 24.3. The monoisotopic (exact) mass is 271 g/mol. The third-order valence-electron chi connectivity index (χ3n) is 3.90.